The van der Waals surface area contributed by atoms with Crippen molar-refractivity contribution in [2.24, 2.45) is 0 Å². The summed E-state index contributed by atoms with van der Waals surface area (Å²) in [4.78, 5) is 33.1. The number of amides is 1. The molecule has 3 heterocycles. The van der Waals surface area contributed by atoms with Crippen LogP contribution in [0.3, 0.4) is 0 Å². The molecule has 1 fully saturated rings. The first-order valence-electron chi connectivity index (χ1n) is 10.9. The Morgan fingerprint density at radius 2 is 2.03 bits per heavy atom. The van der Waals surface area contributed by atoms with Crippen LogP contribution >= 0.6 is 24.0 Å². The Morgan fingerprint density at radius 1 is 1.28 bits per heavy atom. The van der Waals surface area contributed by atoms with Crippen molar-refractivity contribution in [3.63, 3.8) is 0 Å². The molecule has 3 rings (SSSR count). The van der Waals surface area contributed by atoms with Gasteiger partial charge < -0.3 is 10.1 Å². The molecular weight excluding hydrogens is 444 g/mol. The van der Waals surface area contributed by atoms with E-state index < -0.39 is 0 Å². The van der Waals surface area contributed by atoms with E-state index in [-0.39, 0.29) is 23.6 Å². The van der Waals surface area contributed by atoms with Gasteiger partial charge in [0, 0.05) is 25.4 Å². The van der Waals surface area contributed by atoms with Crippen molar-refractivity contribution in [1.29, 1.82) is 0 Å². The second-order valence-electron chi connectivity index (χ2n) is 8.12. The molecule has 9 heteroatoms. The molecule has 0 bridgehead atoms. The SMILES string of the molecule is CCC(C)N1C(=O)/C(=C/c2c(NCCCOC(C)C)nc3ccc(C)cn3c2=O)SC1=S. The second-order valence-corrected chi connectivity index (χ2v) is 9.80. The number of nitrogens with one attached hydrogen (secondary N) is 1. The zero-order valence-electron chi connectivity index (χ0n) is 19.2. The Hall–Kier alpha value is -2.23. The van der Waals surface area contributed by atoms with Gasteiger partial charge in [0.15, 0.2) is 0 Å². The first kappa shape index (κ1) is 24.4. The highest BCUT2D eigenvalue weighted by Gasteiger charge is 2.35. The van der Waals surface area contributed by atoms with Crippen LogP contribution in [0.15, 0.2) is 28.0 Å². The van der Waals surface area contributed by atoms with Gasteiger partial charge in [0.25, 0.3) is 11.5 Å². The van der Waals surface area contributed by atoms with E-state index in [4.69, 9.17) is 17.0 Å². The average molecular weight is 475 g/mol. The predicted octanol–water partition coefficient (Wildman–Crippen LogP) is 4.23. The van der Waals surface area contributed by atoms with E-state index in [9.17, 15) is 9.59 Å². The van der Waals surface area contributed by atoms with E-state index in [1.165, 1.54) is 16.2 Å². The summed E-state index contributed by atoms with van der Waals surface area (Å²) in [5, 5.41) is 3.26. The monoisotopic (exact) mass is 474 g/mol. The van der Waals surface area contributed by atoms with Gasteiger partial charge in [0.1, 0.15) is 15.8 Å². The molecular formula is C23H30N4O3S2. The second kappa shape index (κ2) is 10.6. The van der Waals surface area contributed by atoms with Crippen LogP contribution in [0.5, 0.6) is 0 Å². The van der Waals surface area contributed by atoms with Crippen molar-refractivity contribution >= 4 is 51.7 Å². The van der Waals surface area contributed by atoms with Crippen molar-refractivity contribution in [2.75, 3.05) is 18.5 Å². The molecule has 1 atom stereocenters. The molecule has 1 aliphatic heterocycles. The Morgan fingerprint density at radius 3 is 2.72 bits per heavy atom. The van der Waals surface area contributed by atoms with E-state index in [2.05, 4.69) is 10.3 Å². The largest absolute Gasteiger partial charge is 0.379 e. The van der Waals surface area contributed by atoms with E-state index in [0.29, 0.717) is 39.4 Å². The molecule has 0 saturated carbocycles. The Balaban J connectivity index is 1.99. The first-order valence-corrected chi connectivity index (χ1v) is 12.1. The molecule has 0 aromatic carbocycles. The molecule has 1 N–H and O–H groups in total. The minimum atomic E-state index is -0.228. The molecule has 1 unspecified atom stereocenters. The third kappa shape index (κ3) is 5.39. The summed E-state index contributed by atoms with van der Waals surface area (Å²) in [5.74, 6) is 0.289. The summed E-state index contributed by atoms with van der Waals surface area (Å²) >= 11 is 6.66. The molecule has 0 aliphatic carbocycles. The maximum absolute atomic E-state index is 13.4. The van der Waals surface area contributed by atoms with Crippen molar-refractivity contribution < 1.29 is 9.53 Å². The van der Waals surface area contributed by atoms with Crippen LogP contribution in [0, 0.1) is 6.92 Å². The maximum atomic E-state index is 13.4. The number of ether oxygens (including phenoxy) is 1. The lowest BCUT2D eigenvalue weighted by molar-refractivity contribution is -0.123. The molecule has 2 aromatic rings. The maximum Gasteiger partial charge on any atom is 0.267 e. The third-order valence-electron chi connectivity index (χ3n) is 5.20. The lowest BCUT2D eigenvalue weighted by Crippen LogP contribution is -2.36. The number of pyridine rings is 1. The number of thiocarbonyl (C=S) groups is 1. The number of anilines is 1. The van der Waals surface area contributed by atoms with Crippen LogP contribution in [0.25, 0.3) is 11.7 Å². The van der Waals surface area contributed by atoms with Crippen LogP contribution < -0.4 is 10.9 Å². The summed E-state index contributed by atoms with van der Waals surface area (Å²) in [6.45, 7) is 11.1. The number of thioether (sulfide) groups is 1. The van der Waals surface area contributed by atoms with E-state index in [0.717, 1.165) is 18.4 Å². The van der Waals surface area contributed by atoms with E-state index in [1.807, 2.05) is 46.8 Å². The summed E-state index contributed by atoms with van der Waals surface area (Å²) < 4.78 is 7.62. The van der Waals surface area contributed by atoms with Crippen molar-refractivity contribution in [2.45, 2.75) is 59.6 Å². The highest BCUT2D eigenvalue weighted by Crippen LogP contribution is 2.34. The lowest BCUT2D eigenvalue weighted by Gasteiger charge is -2.21. The Kier molecular flexibility index (Phi) is 8.08. The van der Waals surface area contributed by atoms with Gasteiger partial charge in [-0.3, -0.25) is 18.9 Å². The summed E-state index contributed by atoms with van der Waals surface area (Å²) in [6.07, 6.45) is 5.11. The molecule has 0 radical (unpaired) electrons. The van der Waals surface area contributed by atoms with Crippen LogP contribution in [0.4, 0.5) is 5.82 Å². The van der Waals surface area contributed by atoms with Crippen LogP contribution in [0.1, 0.15) is 51.7 Å². The number of carbonyl (C=O) groups is 1. The fourth-order valence-electron chi connectivity index (χ4n) is 3.30. The van der Waals surface area contributed by atoms with E-state index >= 15 is 0 Å². The van der Waals surface area contributed by atoms with Crippen molar-refractivity contribution in [3.05, 3.63) is 44.7 Å². The van der Waals surface area contributed by atoms with Crippen molar-refractivity contribution in [3.8, 4) is 0 Å². The number of aromatic nitrogens is 2. The molecule has 2 aromatic heterocycles. The van der Waals surface area contributed by atoms with Gasteiger partial charge in [-0.1, -0.05) is 37.0 Å². The number of hydrogen-bond donors (Lipinski definition) is 1. The fraction of sp³-hybridized carbons (Fsp3) is 0.478. The Labute approximate surface area is 198 Å². The van der Waals surface area contributed by atoms with Gasteiger partial charge in [0.2, 0.25) is 0 Å². The van der Waals surface area contributed by atoms with Crippen LogP contribution in [-0.4, -0.2) is 49.8 Å². The molecule has 1 amide bonds. The quantitative estimate of drug-likeness (QED) is 0.331. The number of nitrogens with zero attached hydrogens (tertiary/aromatic N) is 3. The normalized spacial score (nSPS) is 16.6. The zero-order chi connectivity index (χ0) is 23.4. The fourth-order valence-corrected chi connectivity index (χ4v) is 4.74. The highest BCUT2D eigenvalue weighted by atomic mass is 32.2. The number of hydrogen-bond acceptors (Lipinski definition) is 7. The lowest BCUT2D eigenvalue weighted by atomic mass is 10.2. The predicted molar refractivity (Wildman–Crippen MR) is 135 cm³/mol. The standard InChI is InChI=1S/C23H30N4O3S2/c1-6-16(5)27-22(29)18(32-23(27)31)12-17-20(24-10-7-11-30-14(2)3)25-19-9-8-15(4)13-26(19)21(17)28/h8-9,12-14,16,24H,6-7,10-11H2,1-5H3/b18-12-. The minimum Gasteiger partial charge on any atom is -0.379 e. The summed E-state index contributed by atoms with van der Waals surface area (Å²) in [7, 11) is 0. The number of rotatable bonds is 9. The number of carbonyl (C=O) groups excluding carboxylic acids is 1. The summed E-state index contributed by atoms with van der Waals surface area (Å²) in [5.41, 5.74) is 1.61. The van der Waals surface area contributed by atoms with Crippen molar-refractivity contribution in [1.82, 2.24) is 14.3 Å². The molecule has 1 saturated heterocycles. The molecule has 7 nitrogen and oxygen atoms in total. The van der Waals surface area contributed by atoms with Gasteiger partial charge in [-0.25, -0.2) is 4.98 Å². The first-order chi connectivity index (χ1) is 15.2. The van der Waals surface area contributed by atoms with Crippen LogP contribution in [0.2, 0.25) is 0 Å². The third-order valence-corrected chi connectivity index (χ3v) is 6.53. The number of fused-ring (bicyclic) bond motifs is 1. The molecule has 32 heavy (non-hydrogen) atoms. The summed E-state index contributed by atoms with van der Waals surface area (Å²) in [6, 6.07) is 3.74. The average Bonchev–Trinajstić information content (AvgIpc) is 3.03. The van der Waals surface area contributed by atoms with Gasteiger partial charge in [-0.05, 0) is 58.2 Å². The topological polar surface area (TPSA) is 75.9 Å². The zero-order valence-corrected chi connectivity index (χ0v) is 20.8. The van der Waals surface area contributed by atoms with Gasteiger partial charge in [0.05, 0.1) is 16.6 Å². The van der Waals surface area contributed by atoms with Crippen LogP contribution in [-0.2, 0) is 9.53 Å². The minimum absolute atomic E-state index is 0.00503. The van der Waals surface area contributed by atoms with Gasteiger partial charge in [-0.2, -0.15) is 0 Å². The van der Waals surface area contributed by atoms with Gasteiger partial charge >= 0.3 is 0 Å². The number of aryl methyl sites for hydroxylation is 1. The smallest absolute Gasteiger partial charge is 0.267 e. The molecule has 1 aliphatic rings. The molecule has 172 valence electrons. The van der Waals surface area contributed by atoms with Gasteiger partial charge in [-0.15, -0.1) is 0 Å². The molecule has 0 spiro atoms. The van der Waals surface area contributed by atoms with E-state index in [1.54, 1.807) is 17.2 Å². The highest BCUT2D eigenvalue weighted by molar-refractivity contribution is 8.26. The Bertz CT molecular complexity index is 1110.